The Morgan fingerprint density at radius 1 is 1.32 bits per heavy atom. The van der Waals surface area contributed by atoms with E-state index < -0.39 is 36.2 Å². The minimum atomic E-state index is -1.87. The third kappa shape index (κ3) is 3.78. The van der Waals surface area contributed by atoms with Crippen molar-refractivity contribution in [2.24, 2.45) is 35.5 Å². The molecule has 0 bridgehead atoms. The number of fused-ring (bicyclic) bond motifs is 2. The van der Waals surface area contributed by atoms with E-state index in [1.165, 1.54) is 5.57 Å². The van der Waals surface area contributed by atoms with Gasteiger partial charge in [0, 0.05) is 11.5 Å². The van der Waals surface area contributed by atoms with Crippen molar-refractivity contribution in [1.29, 1.82) is 0 Å². The number of esters is 2. The number of allylic oxidation sites excluding steroid dienone is 3. The number of aliphatic hydroxyl groups excluding tert-OH is 1. The van der Waals surface area contributed by atoms with Gasteiger partial charge in [-0.25, -0.2) is 4.79 Å². The zero-order chi connectivity index (χ0) is 22.5. The first-order valence-electron chi connectivity index (χ1n) is 11.5. The van der Waals surface area contributed by atoms with Crippen molar-refractivity contribution in [3.05, 3.63) is 35.5 Å². The molecule has 2 saturated carbocycles. The van der Waals surface area contributed by atoms with Gasteiger partial charge in [0.05, 0.1) is 12.0 Å². The summed E-state index contributed by atoms with van der Waals surface area (Å²) in [4.78, 5) is 25.5. The van der Waals surface area contributed by atoms with E-state index in [0.717, 1.165) is 19.3 Å². The molecule has 0 radical (unpaired) electrons. The fourth-order valence-electron chi connectivity index (χ4n) is 6.02. The molecule has 2 N–H and O–H groups in total. The van der Waals surface area contributed by atoms with E-state index in [2.05, 4.69) is 27.4 Å². The number of ether oxygens (including phenoxy) is 2. The summed E-state index contributed by atoms with van der Waals surface area (Å²) in [7, 11) is 0. The topological polar surface area (TPSA) is 93.1 Å². The SMILES string of the molecule is C=C1COC(=O)C2C1CC(O)C2(O)COC(=O)C1=CC=C(C(C)C)CC2C(C)CCC12. The van der Waals surface area contributed by atoms with Crippen LogP contribution in [0, 0.1) is 35.5 Å². The van der Waals surface area contributed by atoms with Gasteiger partial charge in [0.1, 0.15) is 18.8 Å². The van der Waals surface area contributed by atoms with Crippen molar-refractivity contribution in [2.75, 3.05) is 13.2 Å². The fourth-order valence-corrected chi connectivity index (χ4v) is 6.02. The molecular formula is C25H34O6. The van der Waals surface area contributed by atoms with Crippen molar-refractivity contribution in [1.82, 2.24) is 0 Å². The second kappa shape index (κ2) is 8.21. The smallest absolute Gasteiger partial charge is 0.334 e. The highest BCUT2D eigenvalue weighted by Crippen LogP contribution is 2.48. The van der Waals surface area contributed by atoms with Gasteiger partial charge in [0.25, 0.3) is 0 Å². The number of aliphatic hydroxyl groups is 2. The van der Waals surface area contributed by atoms with Crippen LogP contribution in [0.4, 0.5) is 0 Å². The van der Waals surface area contributed by atoms with Gasteiger partial charge in [0.2, 0.25) is 0 Å². The molecule has 3 fully saturated rings. The van der Waals surface area contributed by atoms with E-state index in [1.807, 2.05) is 12.2 Å². The summed E-state index contributed by atoms with van der Waals surface area (Å²) in [6.45, 7) is 10.2. The van der Waals surface area contributed by atoms with Gasteiger partial charge < -0.3 is 19.7 Å². The number of rotatable bonds is 4. The minimum absolute atomic E-state index is 0.0985. The third-order valence-electron chi connectivity index (χ3n) is 8.11. The van der Waals surface area contributed by atoms with E-state index in [1.54, 1.807) is 0 Å². The van der Waals surface area contributed by atoms with Crippen LogP contribution in [0.3, 0.4) is 0 Å². The first-order chi connectivity index (χ1) is 14.6. The normalized spacial score (nSPS) is 39.9. The second-order valence-electron chi connectivity index (χ2n) is 10.2. The quantitative estimate of drug-likeness (QED) is 0.526. The molecule has 0 aromatic carbocycles. The summed E-state index contributed by atoms with van der Waals surface area (Å²) in [5, 5.41) is 21.7. The standard InChI is InChI=1S/C25H34O6/c1-13(2)16-6-8-18(17-7-5-14(3)19(17)9-16)23(27)31-12-25(29)21(26)10-20-15(4)11-30-24(28)22(20)25/h6,8,13-14,17,19-22,26,29H,4-5,7,9-12H2,1-3H3. The van der Waals surface area contributed by atoms with Crippen LogP contribution in [-0.2, 0) is 19.1 Å². The predicted octanol–water partition coefficient (Wildman–Crippen LogP) is 2.95. The molecule has 0 spiro atoms. The molecule has 0 amide bonds. The fraction of sp³-hybridized carbons (Fsp3) is 0.680. The molecule has 1 aliphatic heterocycles. The van der Waals surface area contributed by atoms with Crippen LogP contribution >= 0.6 is 0 Å². The molecule has 0 aromatic rings. The van der Waals surface area contributed by atoms with Crippen molar-refractivity contribution in [3.63, 3.8) is 0 Å². The van der Waals surface area contributed by atoms with Crippen LogP contribution in [0.15, 0.2) is 35.5 Å². The molecule has 4 rings (SSSR count). The lowest BCUT2D eigenvalue weighted by Gasteiger charge is -2.35. The predicted molar refractivity (Wildman–Crippen MR) is 115 cm³/mol. The highest BCUT2D eigenvalue weighted by atomic mass is 16.6. The Morgan fingerprint density at radius 3 is 2.77 bits per heavy atom. The van der Waals surface area contributed by atoms with Gasteiger partial charge in [-0.2, -0.15) is 0 Å². The molecule has 0 aromatic heterocycles. The van der Waals surface area contributed by atoms with Crippen LogP contribution in [-0.4, -0.2) is 47.1 Å². The van der Waals surface area contributed by atoms with E-state index in [9.17, 15) is 19.8 Å². The lowest BCUT2D eigenvalue weighted by molar-refractivity contribution is -0.179. The van der Waals surface area contributed by atoms with Crippen LogP contribution in [0.2, 0.25) is 0 Å². The monoisotopic (exact) mass is 430 g/mol. The molecule has 31 heavy (non-hydrogen) atoms. The number of hydrogen-bond donors (Lipinski definition) is 2. The second-order valence-corrected chi connectivity index (χ2v) is 10.2. The first kappa shape index (κ1) is 22.3. The van der Waals surface area contributed by atoms with Gasteiger partial charge in [-0.1, -0.05) is 45.1 Å². The Hall–Kier alpha value is -1.92. The lowest BCUT2D eigenvalue weighted by Crippen LogP contribution is -2.53. The van der Waals surface area contributed by atoms with E-state index in [0.29, 0.717) is 28.9 Å². The molecule has 1 saturated heterocycles. The molecule has 4 aliphatic rings. The minimum Gasteiger partial charge on any atom is -0.461 e. The Morgan fingerprint density at radius 2 is 2.06 bits per heavy atom. The molecule has 3 aliphatic carbocycles. The maximum absolute atomic E-state index is 13.1. The third-order valence-corrected chi connectivity index (χ3v) is 8.11. The number of cyclic esters (lactones) is 1. The summed E-state index contributed by atoms with van der Waals surface area (Å²) in [5.41, 5.74) is 0.773. The Bertz CT molecular complexity index is 839. The van der Waals surface area contributed by atoms with E-state index in [4.69, 9.17) is 9.47 Å². The number of carbonyl (C=O) groups excluding carboxylic acids is 2. The highest BCUT2D eigenvalue weighted by molar-refractivity contribution is 5.90. The maximum atomic E-state index is 13.1. The van der Waals surface area contributed by atoms with E-state index in [-0.39, 0.29) is 24.9 Å². The Kier molecular flexibility index (Phi) is 5.90. The van der Waals surface area contributed by atoms with Crippen LogP contribution in [0.25, 0.3) is 0 Å². The molecule has 6 nitrogen and oxygen atoms in total. The Labute approximate surface area is 184 Å². The number of hydrogen-bond acceptors (Lipinski definition) is 6. The van der Waals surface area contributed by atoms with Crippen LogP contribution in [0.1, 0.15) is 46.5 Å². The lowest BCUT2D eigenvalue weighted by atomic mass is 9.80. The molecule has 7 atom stereocenters. The van der Waals surface area contributed by atoms with Crippen molar-refractivity contribution < 1.29 is 29.3 Å². The van der Waals surface area contributed by atoms with E-state index >= 15 is 0 Å². The summed E-state index contributed by atoms with van der Waals surface area (Å²) in [5.74, 6) is -0.905. The maximum Gasteiger partial charge on any atom is 0.334 e. The summed E-state index contributed by atoms with van der Waals surface area (Å²) in [6.07, 6.45) is 5.95. The van der Waals surface area contributed by atoms with Crippen LogP contribution in [0.5, 0.6) is 0 Å². The highest BCUT2D eigenvalue weighted by Gasteiger charge is 2.60. The summed E-state index contributed by atoms with van der Waals surface area (Å²) >= 11 is 0. The van der Waals surface area contributed by atoms with Crippen molar-refractivity contribution in [2.45, 2.75) is 58.2 Å². The zero-order valence-electron chi connectivity index (χ0n) is 18.7. The Balaban J connectivity index is 1.53. The summed E-state index contributed by atoms with van der Waals surface area (Å²) < 4.78 is 10.7. The van der Waals surface area contributed by atoms with Gasteiger partial charge in [-0.15, -0.1) is 0 Å². The van der Waals surface area contributed by atoms with Gasteiger partial charge in [-0.05, 0) is 54.9 Å². The molecule has 1 heterocycles. The molecule has 7 unspecified atom stereocenters. The van der Waals surface area contributed by atoms with Gasteiger partial charge in [0.15, 0.2) is 0 Å². The molecular weight excluding hydrogens is 396 g/mol. The van der Waals surface area contributed by atoms with Crippen molar-refractivity contribution in [3.8, 4) is 0 Å². The summed E-state index contributed by atoms with van der Waals surface area (Å²) in [6, 6.07) is 0. The largest absolute Gasteiger partial charge is 0.461 e. The average Bonchev–Trinajstić information content (AvgIpc) is 3.12. The van der Waals surface area contributed by atoms with Gasteiger partial charge in [-0.3, -0.25) is 4.79 Å². The first-order valence-corrected chi connectivity index (χ1v) is 11.5. The average molecular weight is 431 g/mol. The molecule has 6 heteroatoms. The van der Waals surface area contributed by atoms with Crippen LogP contribution < -0.4 is 0 Å². The number of carbonyl (C=O) groups is 2. The van der Waals surface area contributed by atoms with Crippen molar-refractivity contribution >= 4 is 11.9 Å². The molecule has 170 valence electrons. The zero-order valence-corrected chi connectivity index (χ0v) is 18.7. The van der Waals surface area contributed by atoms with Gasteiger partial charge >= 0.3 is 11.9 Å².